The highest BCUT2D eigenvalue weighted by molar-refractivity contribution is 7.90. The average molecular weight is 384 g/mol. The minimum absolute atomic E-state index is 0.352. The summed E-state index contributed by atoms with van der Waals surface area (Å²) in [6.07, 6.45) is 5.20. The number of hydrogen-bond donors (Lipinski definition) is 2. The topological polar surface area (TPSA) is 79.8 Å². The van der Waals surface area contributed by atoms with Gasteiger partial charge in [0, 0.05) is 39.1 Å². The minimum Gasteiger partial charge on any atom is -0.381 e. The van der Waals surface area contributed by atoms with Crippen molar-refractivity contribution in [3.63, 3.8) is 0 Å². The molecule has 0 aliphatic heterocycles. The first-order valence-corrected chi connectivity index (χ1v) is 11.3. The van der Waals surface area contributed by atoms with Gasteiger partial charge in [0.2, 0.25) is 0 Å². The smallest absolute Gasteiger partial charge is 0.191 e. The molecular weight excluding hydrogens is 350 g/mol. The second-order valence-corrected chi connectivity index (χ2v) is 8.19. The first-order chi connectivity index (χ1) is 12.5. The number of sulfone groups is 1. The molecule has 26 heavy (non-hydrogen) atoms. The van der Waals surface area contributed by atoms with E-state index in [1.165, 1.54) is 6.26 Å². The van der Waals surface area contributed by atoms with Crippen molar-refractivity contribution in [3.8, 4) is 0 Å². The Labute approximate surface area is 158 Å². The zero-order valence-electron chi connectivity index (χ0n) is 16.3. The van der Waals surface area contributed by atoms with Crippen LogP contribution in [0.1, 0.15) is 38.7 Å². The third-order valence-corrected chi connectivity index (χ3v) is 4.89. The number of nitrogens with one attached hydrogen (secondary N) is 2. The zero-order valence-corrected chi connectivity index (χ0v) is 17.1. The molecule has 148 valence electrons. The summed E-state index contributed by atoms with van der Waals surface area (Å²) < 4.78 is 28.5. The number of nitrogens with zero attached hydrogens (tertiary/aromatic N) is 1. The lowest BCUT2D eigenvalue weighted by Gasteiger charge is -2.11. The normalized spacial score (nSPS) is 12.2. The fourth-order valence-corrected chi connectivity index (χ4v) is 2.91. The van der Waals surface area contributed by atoms with E-state index in [1.807, 2.05) is 19.1 Å². The quantitative estimate of drug-likeness (QED) is 0.329. The van der Waals surface area contributed by atoms with Crippen molar-refractivity contribution in [1.82, 2.24) is 10.6 Å². The first-order valence-electron chi connectivity index (χ1n) is 9.36. The molecule has 1 rings (SSSR count). The van der Waals surface area contributed by atoms with Crippen molar-refractivity contribution < 1.29 is 13.2 Å². The Hall–Kier alpha value is -1.60. The van der Waals surface area contributed by atoms with Gasteiger partial charge in [0.1, 0.15) is 0 Å². The van der Waals surface area contributed by atoms with Gasteiger partial charge in [-0.15, -0.1) is 0 Å². The van der Waals surface area contributed by atoms with Gasteiger partial charge in [-0.05, 0) is 43.9 Å². The molecule has 0 unspecified atom stereocenters. The Kier molecular flexibility index (Phi) is 11.0. The van der Waals surface area contributed by atoms with Gasteiger partial charge in [0.25, 0.3) is 0 Å². The van der Waals surface area contributed by atoms with Crippen LogP contribution in [0.2, 0.25) is 0 Å². The molecule has 1 aromatic carbocycles. The Balaban J connectivity index is 2.35. The molecule has 0 aliphatic carbocycles. The lowest BCUT2D eigenvalue weighted by Crippen LogP contribution is -2.38. The van der Waals surface area contributed by atoms with Crippen molar-refractivity contribution in [2.75, 3.05) is 39.1 Å². The number of aliphatic imine (C=N–C) groups is 1. The number of hydrogen-bond acceptors (Lipinski definition) is 4. The van der Waals surface area contributed by atoms with E-state index in [9.17, 15) is 8.42 Å². The largest absolute Gasteiger partial charge is 0.381 e. The molecule has 0 bridgehead atoms. The third kappa shape index (κ3) is 9.77. The maximum atomic E-state index is 11.5. The number of ether oxygens (including phenoxy) is 1. The van der Waals surface area contributed by atoms with Crippen molar-refractivity contribution in [2.24, 2.45) is 4.99 Å². The van der Waals surface area contributed by atoms with Gasteiger partial charge in [0.15, 0.2) is 15.8 Å². The van der Waals surface area contributed by atoms with Crippen LogP contribution in [0.5, 0.6) is 0 Å². The van der Waals surface area contributed by atoms with Crippen molar-refractivity contribution in [2.45, 2.75) is 44.4 Å². The summed E-state index contributed by atoms with van der Waals surface area (Å²) in [6.45, 7) is 8.03. The van der Waals surface area contributed by atoms with Crippen LogP contribution in [0.3, 0.4) is 0 Å². The monoisotopic (exact) mass is 383 g/mol. The molecule has 0 saturated heterocycles. The van der Waals surface area contributed by atoms with Crippen LogP contribution in [-0.4, -0.2) is 53.5 Å². The predicted molar refractivity (Wildman–Crippen MR) is 108 cm³/mol. The maximum absolute atomic E-state index is 11.5. The highest BCUT2D eigenvalue weighted by atomic mass is 32.2. The van der Waals surface area contributed by atoms with E-state index >= 15 is 0 Å². The molecule has 0 radical (unpaired) electrons. The van der Waals surface area contributed by atoms with Crippen molar-refractivity contribution in [1.29, 1.82) is 0 Å². The summed E-state index contributed by atoms with van der Waals surface area (Å²) in [4.78, 5) is 4.90. The van der Waals surface area contributed by atoms with Gasteiger partial charge in [0.05, 0.1) is 4.90 Å². The van der Waals surface area contributed by atoms with Gasteiger partial charge < -0.3 is 15.4 Å². The van der Waals surface area contributed by atoms with Crippen LogP contribution in [0.25, 0.3) is 0 Å². The Morgan fingerprint density at radius 2 is 1.77 bits per heavy atom. The standard InChI is InChI=1S/C19H33N3O3S/c1-4-6-15-25-16-7-13-21-19(20-5-2)22-14-12-17-8-10-18(11-9-17)26(3,23)24/h8-11H,4-7,12-16H2,1-3H3,(H2,20,21,22). The summed E-state index contributed by atoms with van der Waals surface area (Å²) in [5.41, 5.74) is 1.09. The zero-order chi connectivity index (χ0) is 19.3. The molecule has 6 nitrogen and oxygen atoms in total. The molecular formula is C19H33N3O3S. The van der Waals surface area contributed by atoms with Crippen LogP contribution in [0, 0.1) is 0 Å². The minimum atomic E-state index is -3.14. The molecule has 0 aromatic heterocycles. The van der Waals surface area contributed by atoms with Crippen LogP contribution in [-0.2, 0) is 21.0 Å². The van der Waals surface area contributed by atoms with Crippen LogP contribution in [0.4, 0.5) is 0 Å². The Bertz CT molecular complexity index is 628. The molecule has 2 N–H and O–H groups in total. The second kappa shape index (κ2) is 12.7. The fraction of sp³-hybridized carbons (Fsp3) is 0.632. The van der Waals surface area contributed by atoms with Gasteiger partial charge in [-0.1, -0.05) is 25.5 Å². The number of benzene rings is 1. The van der Waals surface area contributed by atoms with E-state index in [-0.39, 0.29) is 0 Å². The van der Waals surface area contributed by atoms with Crippen LogP contribution >= 0.6 is 0 Å². The third-order valence-electron chi connectivity index (χ3n) is 3.76. The molecule has 0 heterocycles. The Morgan fingerprint density at radius 1 is 1.08 bits per heavy atom. The van der Waals surface area contributed by atoms with E-state index in [0.29, 0.717) is 4.90 Å². The molecule has 0 aliphatic rings. The van der Waals surface area contributed by atoms with E-state index in [1.54, 1.807) is 12.1 Å². The molecule has 0 spiro atoms. The van der Waals surface area contributed by atoms with E-state index in [0.717, 1.165) is 70.1 Å². The highest BCUT2D eigenvalue weighted by Gasteiger charge is 2.06. The number of unbranched alkanes of at least 4 members (excludes halogenated alkanes) is 1. The lowest BCUT2D eigenvalue weighted by atomic mass is 10.1. The van der Waals surface area contributed by atoms with Crippen LogP contribution < -0.4 is 10.6 Å². The van der Waals surface area contributed by atoms with Crippen molar-refractivity contribution in [3.05, 3.63) is 29.8 Å². The molecule has 7 heteroatoms. The number of guanidine groups is 1. The highest BCUT2D eigenvalue weighted by Crippen LogP contribution is 2.10. The molecule has 0 atom stereocenters. The van der Waals surface area contributed by atoms with Gasteiger partial charge in [-0.25, -0.2) is 8.42 Å². The van der Waals surface area contributed by atoms with E-state index in [4.69, 9.17) is 4.74 Å². The van der Waals surface area contributed by atoms with Crippen molar-refractivity contribution >= 4 is 15.8 Å². The molecule has 0 fully saturated rings. The molecule has 0 saturated carbocycles. The second-order valence-electron chi connectivity index (χ2n) is 6.17. The lowest BCUT2D eigenvalue weighted by molar-refractivity contribution is 0.130. The molecule has 1 aromatic rings. The summed E-state index contributed by atoms with van der Waals surface area (Å²) in [7, 11) is -3.14. The van der Waals surface area contributed by atoms with Gasteiger partial charge in [-0.3, -0.25) is 4.99 Å². The fourth-order valence-electron chi connectivity index (χ4n) is 2.28. The summed E-state index contributed by atoms with van der Waals surface area (Å²) >= 11 is 0. The summed E-state index contributed by atoms with van der Waals surface area (Å²) in [6, 6.07) is 7.02. The van der Waals surface area contributed by atoms with Gasteiger partial charge in [-0.2, -0.15) is 0 Å². The van der Waals surface area contributed by atoms with E-state index < -0.39 is 9.84 Å². The molecule has 0 amide bonds. The van der Waals surface area contributed by atoms with E-state index in [2.05, 4.69) is 22.5 Å². The summed E-state index contributed by atoms with van der Waals surface area (Å²) in [5.74, 6) is 0.800. The Morgan fingerprint density at radius 3 is 2.38 bits per heavy atom. The maximum Gasteiger partial charge on any atom is 0.191 e. The van der Waals surface area contributed by atoms with Crippen LogP contribution in [0.15, 0.2) is 34.2 Å². The number of rotatable bonds is 12. The van der Waals surface area contributed by atoms with Gasteiger partial charge >= 0.3 is 0 Å². The first kappa shape index (κ1) is 22.4. The summed E-state index contributed by atoms with van der Waals surface area (Å²) in [5, 5.41) is 6.53. The average Bonchev–Trinajstić information content (AvgIpc) is 2.60. The SMILES string of the molecule is CCCCOCCCN=C(NCC)NCCc1ccc(S(C)(=O)=O)cc1. The predicted octanol–water partition coefficient (Wildman–Crippen LogP) is 2.39.